The van der Waals surface area contributed by atoms with Gasteiger partial charge in [0, 0.05) is 5.92 Å². The lowest BCUT2D eigenvalue weighted by atomic mass is 9.87. The second-order valence-corrected chi connectivity index (χ2v) is 3.84. The minimum absolute atomic E-state index is 0.0116. The van der Waals surface area contributed by atoms with E-state index in [0.29, 0.717) is 10.1 Å². The molecule has 0 saturated heterocycles. The molecule has 0 aliphatic heterocycles. The van der Waals surface area contributed by atoms with E-state index in [-0.39, 0.29) is 5.92 Å². The fourth-order valence-corrected chi connectivity index (χ4v) is 1.45. The largest absolute Gasteiger partial charge is 0.385 e. The molecule has 0 spiro atoms. The Kier molecular flexibility index (Phi) is 2.33. The highest BCUT2D eigenvalue weighted by Gasteiger charge is 2.29. The van der Waals surface area contributed by atoms with Crippen LogP contribution in [0.4, 0.5) is 0 Å². The fourth-order valence-electron chi connectivity index (χ4n) is 0.925. The first-order chi connectivity index (χ1) is 4.93. The molecule has 0 radical (unpaired) electrons. The second-order valence-electron chi connectivity index (χ2n) is 3.02. The van der Waals surface area contributed by atoms with Crippen molar-refractivity contribution in [3.05, 3.63) is 22.2 Å². The van der Waals surface area contributed by atoms with Crippen molar-refractivity contribution in [2.75, 3.05) is 0 Å². The van der Waals surface area contributed by atoms with Crippen LogP contribution in [0.2, 0.25) is 0 Å². The van der Waals surface area contributed by atoms with Crippen LogP contribution in [0.3, 0.4) is 0 Å². The summed E-state index contributed by atoms with van der Waals surface area (Å²) in [5, 5.41) is 10.6. The van der Waals surface area contributed by atoms with Crippen molar-refractivity contribution in [1.29, 1.82) is 0 Å². The minimum Gasteiger partial charge on any atom is -0.385 e. The average Bonchev–Trinajstić information content (AvgIpc) is 1.83. The summed E-state index contributed by atoms with van der Waals surface area (Å²) >= 11 is 11.5. The summed E-state index contributed by atoms with van der Waals surface area (Å²) in [6.45, 7) is 3.60. The van der Waals surface area contributed by atoms with Crippen LogP contribution in [0.5, 0.6) is 0 Å². The number of halogens is 2. The molecule has 0 aromatic heterocycles. The van der Waals surface area contributed by atoms with Crippen molar-refractivity contribution in [2.45, 2.75) is 19.4 Å². The van der Waals surface area contributed by atoms with Gasteiger partial charge in [-0.25, -0.2) is 0 Å². The van der Waals surface area contributed by atoms with Gasteiger partial charge in [0.15, 0.2) is 0 Å². The van der Waals surface area contributed by atoms with Crippen LogP contribution in [0.25, 0.3) is 0 Å². The van der Waals surface area contributed by atoms with Crippen LogP contribution in [-0.4, -0.2) is 10.7 Å². The zero-order valence-corrected chi connectivity index (χ0v) is 7.95. The maximum Gasteiger partial charge on any atom is 0.0877 e. The second kappa shape index (κ2) is 2.81. The Labute approximate surface area is 76.3 Å². The van der Waals surface area contributed by atoms with Gasteiger partial charge in [-0.3, -0.25) is 0 Å². The van der Waals surface area contributed by atoms with Gasteiger partial charge < -0.3 is 5.11 Å². The van der Waals surface area contributed by atoms with Gasteiger partial charge in [0.1, 0.15) is 0 Å². The number of allylic oxidation sites excluding steroid dienone is 2. The van der Waals surface area contributed by atoms with Gasteiger partial charge in [0.2, 0.25) is 0 Å². The Morgan fingerprint density at radius 3 is 2.45 bits per heavy atom. The van der Waals surface area contributed by atoms with E-state index in [4.69, 9.17) is 23.2 Å². The lowest BCUT2D eigenvalue weighted by Gasteiger charge is -2.28. The molecule has 0 fully saturated rings. The Balaban J connectivity index is 2.98. The number of rotatable bonds is 0. The molecule has 0 saturated carbocycles. The summed E-state index contributed by atoms with van der Waals surface area (Å²) in [5.74, 6) is 0.0116. The normalized spacial score (nSPS) is 38.1. The van der Waals surface area contributed by atoms with Crippen molar-refractivity contribution in [3.8, 4) is 0 Å². The molecule has 11 heavy (non-hydrogen) atoms. The van der Waals surface area contributed by atoms with E-state index in [9.17, 15) is 5.11 Å². The summed E-state index contributed by atoms with van der Waals surface area (Å²) in [5.41, 5.74) is -0.866. The SMILES string of the molecule is CC1C=C(Cl)C(Cl)=CC1(C)O. The minimum atomic E-state index is -0.866. The predicted molar refractivity (Wildman–Crippen MR) is 47.7 cm³/mol. The average molecular weight is 193 g/mol. The molecule has 1 aliphatic rings. The van der Waals surface area contributed by atoms with Crippen molar-refractivity contribution >= 4 is 23.2 Å². The molecule has 3 heteroatoms. The van der Waals surface area contributed by atoms with Gasteiger partial charge in [0.05, 0.1) is 15.7 Å². The standard InChI is InChI=1S/C8H10Cl2O/c1-5-3-6(9)7(10)4-8(5,2)11/h3-5,11H,1-2H3. The molecule has 1 nitrogen and oxygen atoms in total. The maximum atomic E-state index is 9.67. The first kappa shape index (κ1) is 9.11. The third-order valence-electron chi connectivity index (χ3n) is 1.97. The van der Waals surface area contributed by atoms with Gasteiger partial charge in [-0.15, -0.1) is 0 Å². The molecular formula is C8H10Cl2O. The van der Waals surface area contributed by atoms with Crippen LogP contribution in [0.15, 0.2) is 22.2 Å². The molecule has 0 aromatic carbocycles. The van der Waals surface area contributed by atoms with E-state index in [1.807, 2.05) is 6.92 Å². The van der Waals surface area contributed by atoms with Crippen molar-refractivity contribution in [2.24, 2.45) is 5.92 Å². The molecule has 1 rings (SSSR count). The lowest BCUT2D eigenvalue weighted by molar-refractivity contribution is 0.0724. The van der Waals surface area contributed by atoms with E-state index < -0.39 is 5.60 Å². The molecule has 62 valence electrons. The van der Waals surface area contributed by atoms with Crippen molar-refractivity contribution in [1.82, 2.24) is 0 Å². The Bertz CT molecular complexity index is 228. The van der Waals surface area contributed by atoms with E-state index in [2.05, 4.69) is 0 Å². The zero-order chi connectivity index (χ0) is 8.65. The zero-order valence-electron chi connectivity index (χ0n) is 6.44. The van der Waals surface area contributed by atoms with Crippen molar-refractivity contribution in [3.63, 3.8) is 0 Å². The maximum absolute atomic E-state index is 9.67. The summed E-state index contributed by atoms with van der Waals surface area (Å²) in [7, 11) is 0. The molecule has 1 aliphatic carbocycles. The van der Waals surface area contributed by atoms with Crippen LogP contribution < -0.4 is 0 Å². The Morgan fingerprint density at radius 1 is 1.45 bits per heavy atom. The monoisotopic (exact) mass is 192 g/mol. The van der Waals surface area contributed by atoms with Crippen molar-refractivity contribution < 1.29 is 5.11 Å². The van der Waals surface area contributed by atoms with E-state index in [0.717, 1.165) is 0 Å². The highest BCUT2D eigenvalue weighted by molar-refractivity contribution is 6.44. The van der Waals surface area contributed by atoms with Crippen LogP contribution in [0, 0.1) is 5.92 Å². The molecule has 0 amide bonds. The van der Waals surface area contributed by atoms with E-state index in [1.165, 1.54) is 0 Å². The third kappa shape index (κ3) is 1.78. The van der Waals surface area contributed by atoms with Gasteiger partial charge in [-0.1, -0.05) is 36.2 Å². The van der Waals surface area contributed by atoms with Gasteiger partial charge in [-0.05, 0) is 13.0 Å². The molecule has 2 atom stereocenters. The summed E-state index contributed by atoms with van der Waals surface area (Å²) in [6.07, 6.45) is 3.32. The third-order valence-corrected chi connectivity index (χ3v) is 2.70. The Hall–Kier alpha value is 0.0200. The molecule has 2 unspecified atom stereocenters. The van der Waals surface area contributed by atoms with Crippen LogP contribution >= 0.6 is 23.2 Å². The quantitative estimate of drug-likeness (QED) is 0.626. The highest BCUT2D eigenvalue weighted by Crippen LogP contribution is 2.33. The van der Waals surface area contributed by atoms with E-state index in [1.54, 1.807) is 19.1 Å². The molecule has 1 N–H and O–H groups in total. The number of hydrogen-bond acceptors (Lipinski definition) is 1. The Morgan fingerprint density at radius 2 is 2.00 bits per heavy atom. The molecular weight excluding hydrogens is 183 g/mol. The fraction of sp³-hybridized carbons (Fsp3) is 0.500. The molecule has 0 bridgehead atoms. The van der Waals surface area contributed by atoms with Gasteiger partial charge in [-0.2, -0.15) is 0 Å². The summed E-state index contributed by atoms with van der Waals surface area (Å²) in [6, 6.07) is 0. The van der Waals surface area contributed by atoms with E-state index >= 15 is 0 Å². The summed E-state index contributed by atoms with van der Waals surface area (Å²) < 4.78 is 0. The number of hydrogen-bond donors (Lipinski definition) is 1. The molecule has 0 aromatic rings. The van der Waals surface area contributed by atoms with Gasteiger partial charge >= 0.3 is 0 Å². The highest BCUT2D eigenvalue weighted by atomic mass is 35.5. The topological polar surface area (TPSA) is 20.2 Å². The van der Waals surface area contributed by atoms with Gasteiger partial charge in [0.25, 0.3) is 0 Å². The smallest absolute Gasteiger partial charge is 0.0877 e. The van der Waals surface area contributed by atoms with Crippen LogP contribution in [0.1, 0.15) is 13.8 Å². The molecule has 0 heterocycles. The predicted octanol–water partition coefficient (Wildman–Crippen LogP) is 2.63. The summed E-state index contributed by atoms with van der Waals surface area (Å²) in [4.78, 5) is 0. The van der Waals surface area contributed by atoms with Crippen LogP contribution in [-0.2, 0) is 0 Å². The lowest BCUT2D eigenvalue weighted by Crippen LogP contribution is -2.31. The number of aliphatic hydroxyl groups is 1. The first-order valence-electron chi connectivity index (χ1n) is 3.42. The first-order valence-corrected chi connectivity index (χ1v) is 4.17.